The van der Waals surface area contributed by atoms with Crippen LogP contribution in [-0.4, -0.2) is 37.3 Å². The molecule has 0 atom stereocenters. The molecule has 0 N–H and O–H groups in total. The number of aryl methyl sites for hydroxylation is 1. The number of thioether (sulfide) groups is 1. The average Bonchev–Trinajstić information content (AvgIpc) is 3.36. The van der Waals surface area contributed by atoms with Gasteiger partial charge < -0.3 is 4.74 Å². The Balaban J connectivity index is 1.49. The number of aromatic nitrogens is 4. The van der Waals surface area contributed by atoms with Gasteiger partial charge in [-0.15, -0.1) is 10.2 Å². The second-order valence-corrected chi connectivity index (χ2v) is 7.57. The van der Waals surface area contributed by atoms with Crippen LogP contribution in [0.3, 0.4) is 0 Å². The quantitative estimate of drug-likeness (QED) is 0.392. The zero-order valence-electron chi connectivity index (χ0n) is 15.1. The first-order chi connectivity index (χ1) is 13.6. The molecule has 140 valence electrons. The van der Waals surface area contributed by atoms with Crippen LogP contribution in [0.25, 0.3) is 16.7 Å². The summed E-state index contributed by atoms with van der Waals surface area (Å²) in [6, 6.07) is 12.9. The molecule has 0 fully saturated rings. The lowest BCUT2D eigenvalue weighted by atomic mass is 10.1. The van der Waals surface area contributed by atoms with E-state index in [1.54, 1.807) is 19.2 Å². The summed E-state index contributed by atoms with van der Waals surface area (Å²) in [4.78, 5) is 25.2. The largest absolute Gasteiger partial charge is 0.493 e. The number of nitrogens with zero attached hydrogens (tertiary/aromatic N) is 4. The number of para-hydroxylation sites is 1. The molecule has 1 aliphatic heterocycles. The highest BCUT2D eigenvalue weighted by molar-refractivity contribution is 7.99. The summed E-state index contributed by atoms with van der Waals surface area (Å²) in [5, 5.41) is 9.54. The molecule has 5 rings (SSSR count). The fraction of sp³-hybridized carbons (Fsp3) is 0.200. The Morgan fingerprint density at radius 2 is 2.07 bits per heavy atom. The van der Waals surface area contributed by atoms with Gasteiger partial charge in [0, 0.05) is 19.0 Å². The van der Waals surface area contributed by atoms with Crippen molar-refractivity contribution < 1.29 is 9.53 Å². The second kappa shape index (κ2) is 6.49. The third-order valence-electron chi connectivity index (χ3n) is 4.94. The molecule has 0 aliphatic carbocycles. The van der Waals surface area contributed by atoms with Crippen LogP contribution in [0.5, 0.6) is 5.75 Å². The van der Waals surface area contributed by atoms with Crippen molar-refractivity contribution in [2.24, 2.45) is 7.05 Å². The molecule has 8 heteroatoms. The van der Waals surface area contributed by atoms with Crippen molar-refractivity contribution in [3.8, 4) is 5.75 Å². The van der Waals surface area contributed by atoms with E-state index in [1.807, 2.05) is 34.7 Å². The Hall–Kier alpha value is -3.13. The summed E-state index contributed by atoms with van der Waals surface area (Å²) >= 11 is 1.32. The van der Waals surface area contributed by atoms with E-state index in [1.165, 1.54) is 16.3 Å². The molecule has 0 spiro atoms. The molecule has 1 aliphatic rings. The molecule has 0 saturated carbocycles. The van der Waals surface area contributed by atoms with Gasteiger partial charge in [0.25, 0.3) is 5.56 Å². The number of hydrogen-bond donors (Lipinski definition) is 0. The number of rotatable bonds is 4. The van der Waals surface area contributed by atoms with Crippen molar-refractivity contribution in [2.75, 3.05) is 12.4 Å². The summed E-state index contributed by atoms with van der Waals surface area (Å²) < 4.78 is 8.79. The predicted molar refractivity (Wildman–Crippen MR) is 106 cm³/mol. The van der Waals surface area contributed by atoms with Gasteiger partial charge in [-0.1, -0.05) is 23.9 Å². The molecule has 28 heavy (non-hydrogen) atoms. The highest BCUT2D eigenvalue weighted by Crippen LogP contribution is 2.27. The van der Waals surface area contributed by atoms with Gasteiger partial charge >= 0.3 is 0 Å². The minimum atomic E-state index is -0.122. The minimum absolute atomic E-state index is 0.0191. The molecule has 4 aromatic rings. The van der Waals surface area contributed by atoms with E-state index in [9.17, 15) is 9.59 Å². The normalized spacial score (nSPS) is 13.0. The van der Waals surface area contributed by atoms with Crippen LogP contribution in [0.1, 0.15) is 15.9 Å². The monoisotopic (exact) mass is 392 g/mol. The number of hydrogen-bond acceptors (Lipinski definition) is 6. The molecule has 0 unspecified atom stereocenters. The van der Waals surface area contributed by atoms with E-state index >= 15 is 0 Å². The van der Waals surface area contributed by atoms with Crippen LogP contribution in [-0.2, 0) is 13.5 Å². The number of benzene rings is 2. The fourth-order valence-electron chi connectivity index (χ4n) is 3.48. The van der Waals surface area contributed by atoms with Gasteiger partial charge in [-0.3, -0.25) is 18.6 Å². The molecule has 7 nitrogen and oxygen atoms in total. The summed E-state index contributed by atoms with van der Waals surface area (Å²) in [7, 11) is 1.67. The fourth-order valence-corrected chi connectivity index (χ4v) is 4.31. The Bertz CT molecular complexity index is 1310. The topological polar surface area (TPSA) is 78.5 Å². The van der Waals surface area contributed by atoms with Gasteiger partial charge in [0.2, 0.25) is 5.78 Å². The summed E-state index contributed by atoms with van der Waals surface area (Å²) in [6.45, 7) is 0.666. The molecule has 3 heterocycles. The SMILES string of the molecule is Cn1c(=O)c2ccccc2n2c(SCC(=O)c3ccc4c(c3)CCO4)nnc12. The van der Waals surface area contributed by atoms with Crippen molar-refractivity contribution in [3.05, 3.63) is 63.9 Å². The van der Waals surface area contributed by atoms with Crippen molar-refractivity contribution in [1.29, 1.82) is 0 Å². The van der Waals surface area contributed by atoms with Crippen molar-refractivity contribution in [1.82, 2.24) is 19.2 Å². The maximum Gasteiger partial charge on any atom is 0.262 e. The molecular formula is C20H16N4O3S. The third-order valence-corrected chi connectivity index (χ3v) is 5.87. The Kier molecular flexibility index (Phi) is 3.94. The van der Waals surface area contributed by atoms with Crippen LogP contribution in [0, 0.1) is 0 Å². The predicted octanol–water partition coefficient (Wildman–Crippen LogP) is 2.49. The number of fused-ring (bicyclic) bond motifs is 4. The molecule has 0 bridgehead atoms. The van der Waals surface area contributed by atoms with Gasteiger partial charge in [-0.25, -0.2) is 0 Å². The molecule has 2 aromatic heterocycles. The average molecular weight is 392 g/mol. The number of ketones is 1. The molecule has 0 amide bonds. The van der Waals surface area contributed by atoms with Gasteiger partial charge in [0.1, 0.15) is 5.75 Å². The van der Waals surface area contributed by atoms with Crippen molar-refractivity contribution >= 4 is 34.2 Å². The summed E-state index contributed by atoms with van der Waals surface area (Å²) in [6.07, 6.45) is 0.832. The van der Waals surface area contributed by atoms with E-state index in [-0.39, 0.29) is 17.1 Å². The number of ether oxygens (including phenoxy) is 1. The lowest BCUT2D eigenvalue weighted by Crippen LogP contribution is -2.20. The van der Waals surface area contributed by atoms with E-state index in [0.717, 1.165) is 23.3 Å². The van der Waals surface area contributed by atoms with Crippen LogP contribution < -0.4 is 10.3 Å². The van der Waals surface area contributed by atoms with Gasteiger partial charge in [-0.05, 0) is 35.9 Å². The summed E-state index contributed by atoms with van der Waals surface area (Å²) in [5.74, 6) is 1.57. The lowest BCUT2D eigenvalue weighted by Gasteiger charge is -2.07. The zero-order chi connectivity index (χ0) is 19.3. The number of carbonyl (C=O) groups is 1. The minimum Gasteiger partial charge on any atom is -0.493 e. The van der Waals surface area contributed by atoms with Crippen molar-refractivity contribution in [3.63, 3.8) is 0 Å². The molecule has 0 radical (unpaired) electrons. The lowest BCUT2D eigenvalue weighted by molar-refractivity contribution is 0.102. The van der Waals surface area contributed by atoms with Gasteiger partial charge in [0.15, 0.2) is 10.9 Å². The molecule has 2 aromatic carbocycles. The maximum atomic E-state index is 12.7. The number of Topliss-reactive ketones (excluding diaryl/α,β-unsaturated/α-hetero) is 1. The highest BCUT2D eigenvalue weighted by Gasteiger charge is 2.18. The third kappa shape index (κ3) is 2.60. The highest BCUT2D eigenvalue weighted by atomic mass is 32.2. The second-order valence-electron chi connectivity index (χ2n) is 6.63. The van der Waals surface area contributed by atoms with Crippen LogP contribution >= 0.6 is 11.8 Å². The standard InChI is InChI=1S/C20H16N4O3S/c1-23-18(26)14-4-2-3-5-15(14)24-19(23)21-22-20(24)28-11-16(25)12-6-7-17-13(10-12)8-9-27-17/h2-7,10H,8-9,11H2,1H3. The van der Waals surface area contributed by atoms with Gasteiger partial charge in [-0.2, -0.15) is 0 Å². The smallest absolute Gasteiger partial charge is 0.262 e. The van der Waals surface area contributed by atoms with Crippen LogP contribution in [0.4, 0.5) is 0 Å². The van der Waals surface area contributed by atoms with Crippen LogP contribution in [0.2, 0.25) is 0 Å². The maximum absolute atomic E-state index is 12.7. The van der Waals surface area contributed by atoms with E-state index < -0.39 is 0 Å². The first kappa shape index (κ1) is 17.0. The molecular weight excluding hydrogens is 376 g/mol. The van der Waals surface area contributed by atoms with E-state index in [0.29, 0.717) is 28.5 Å². The first-order valence-corrected chi connectivity index (χ1v) is 9.86. The Labute approximate surface area is 164 Å². The zero-order valence-corrected chi connectivity index (χ0v) is 15.9. The van der Waals surface area contributed by atoms with E-state index in [4.69, 9.17) is 4.74 Å². The van der Waals surface area contributed by atoms with Crippen LogP contribution in [0.15, 0.2) is 52.4 Å². The summed E-state index contributed by atoms with van der Waals surface area (Å²) in [5.41, 5.74) is 2.35. The van der Waals surface area contributed by atoms with Gasteiger partial charge in [0.05, 0.1) is 23.3 Å². The number of carbonyl (C=O) groups excluding carboxylic acids is 1. The first-order valence-electron chi connectivity index (χ1n) is 8.88. The Morgan fingerprint density at radius 1 is 1.21 bits per heavy atom. The molecule has 0 saturated heterocycles. The van der Waals surface area contributed by atoms with E-state index in [2.05, 4.69) is 10.2 Å². The van der Waals surface area contributed by atoms with Crippen molar-refractivity contribution in [2.45, 2.75) is 11.6 Å². The Morgan fingerprint density at radius 3 is 2.96 bits per heavy atom.